The summed E-state index contributed by atoms with van der Waals surface area (Å²) in [7, 11) is 1.38. The molecular weight excluding hydrogens is 284 g/mol. The molecule has 1 aromatic rings. The molecule has 3 nitrogen and oxygen atoms in total. The minimum atomic E-state index is -0.323. The summed E-state index contributed by atoms with van der Waals surface area (Å²) >= 11 is 3.42. The molecule has 0 N–H and O–H groups in total. The zero-order valence-electron chi connectivity index (χ0n) is 9.96. The molecule has 1 heterocycles. The lowest BCUT2D eigenvalue weighted by Crippen LogP contribution is -2.22. The Bertz CT molecular complexity index is 436. The molecule has 1 unspecified atom stereocenters. The van der Waals surface area contributed by atoms with Crippen LogP contribution in [0.4, 0.5) is 0 Å². The van der Waals surface area contributed by atoms with Gasteiger partial charge in [-0.3, -0.25) is 0 Å². The van der Waals surface area contributed by atoms with Gasteiger partial charge in [0.05, 0.1) is 19.3 Å². The molecule has 0 amide bonds. The number of carbonyl (C=O) groups excluding carboxylic acids is 1. The van der Waals surface area contributed by atoms with Crippen LogP contribution >= 0.6 is 15.9 Å². The van der Waals surface area contributed by atoms with Gasteiger partial charge in [0.15, 0.2) is 0 Å². The number of benzene rings is 1. The van der Waals surface area contributed by atoms with Gasteiger partial charge in [-0.1, -0.05) is 13.0 Å². The van der Waals surface area contributed by atoms with Crippen LogP contribution in [0.3, 0.4) is 0 Å². The second kappa shape index (κ2) is 4.78. The van der Waals surface area contributed by atoms with E-state index in [0.29, 0.717) is 5.56 Å². The molecule has 92 valence electrons. The molecule has 2 rings (SSSR count). The third-order valence-electron chi connectivity index (χ3n) is 3.29. The van der Waals surface area contributed by atoms with Gasteiger partial charge in [0, 0.05) is 16.5 Å². The summed E-state index contributed by atoms with van der Waals surface area (Å²) in [5, 5.41) is 0. The van der Waals surface area contributed by atoms with Gasteiger partial charge in [-0.05, 0) is 40.0 Å². The van der Waals surface area contributed by atoms with Gasteiger partial charge >= 0.3 is 5.97 Å². The third-order valence-corrected chi connectivity index (χ3v) is 3.95. The first-order chi connectivity index (χ1) is 8.07. The maximum Gasteiger partial charge on any atom is 0.338 e. The highest BCUT2D eigenvalue weighted by molar-refractivity contribution is 9.10. The molecule has 1 saturated heterocycles. The first kappa shape index (κ1) is 12.6. The van der Waals surface area contributed by atoms with Crippen molar-refractivity contribution < 1.29 is 14.3 Å². The van der Waals surface area contributed by atoms with Crippen molar-refractivity contribution in [2.75, 3.05) is 20.3 Å². The SMILES string of the molecule is COC(=O)c1ccc(C2(C)CCOC2)cc1Br. The van der Waals surface area contributed by atoms with E-state index in [9.17, 15) is 4.79 Å². The second-order valence-electron chi connectivity index (χ2n) is 4.55. The van der Waals surface area contributed by atoms with E-state index in [2.05, 4.69) is 22.9 Å². The fraction of sp³-hybridized carbons (Fsp3) is 0.462. The molecule has 0 bridgehead atoms. The van der Waals surface area contributed by atoms with Gasteiger partial charge in [-0.25, -0.2) is 4.79 Å². The molecule has 0 aliphatic carbocycles. The largest absolute Gasteiger partial charge is 0.465 e. The fourth-order valence-corrected chi connectivity index (χ4v) is 2.60. The summed E-state index contributed by atoms with van der Waals surface area (Å²) < 4.78 is 10.9. The highest BCUT2D eigenvalue weighted by Crippen LogP contribution is 2.34. The van der Waals surface area contributed by atoms with Crippen molar-refractivity contribution in [3.63, 3.8) is 0 Å². The predicted octanol–water partition coefficient (Wildman–Crippen LogP) is 2.91. The van der Waals surface area contributed by atoms with Crippen molar-refractivity contribution in [3.05, 3.63) is 33.8 Å². The van der Waals surface area contributed by atoms with Crippen LogP contribution in [0.5, 0.6) is 0 Å². The number of methoxy groups -OCH3 is 1. The molecule has 0 spiro atoms. The average Bonchev–Trinajstić information content (AvgIpc) is 2.76. The molecular formula is C13H15BrO3. The number of carbonyl (C=O) groups is 1. The zero-order valence-corrected chi connectivity index (χ0v) is 11.5. The van der Waals surface area contributed by atoms with Gasteiger partial charge < -0.3 is 9.47 Å². The molecule has 4 heteroatoms. The van der Waals surface area contributed by atoms with E-state index in [0.717, 1.165) is 24.1 Å². The standard InChI is InChI=1S/C13H15BrO3/c1-13(5-6-17-8-13)9-3-4-10(11(14)7-9)12(15)16-2/h3-4,7H,5-6,8H2,1-2H3. The van der Waals surface area contributed by atoms with E-state index in [1.54, 1.807) is 6.07 Å². The van der Waals surface area contributed by atoms with E-state index in [1.165, 1.54) is 12.7 Å². The van der Waals surface area contributed by atoms with Crippen LogP contribution in [0.15, 0.2) is 22.7 Å². The Balaban J connectivity index is 2.33. The lowest BCUT2D eigenvalue weighted by molar-refractivity contribution is 0.0599. The van der Waals surface area contributed by atoms with Crippen molar-refractivity contribution in [3.8, 4) is 0 Å². The van der Waals surface area contributed by atoms with Crippen molar-refractivity contribution in [2.24, 2.45) is 0 Å². The Kier molecular flexibility index (Phi) is 3.54. The Labute approximate surface area is 109 Å². The van der Waals surface area contributed by atoms with Gasteiger partial charge in [-0.15, -0.1) is 0 Å². The van der Waals surface area contributed by atoms with E-state index < -0.39 is 0 Å². The van der Waals surface area contributed by atoms with Crippen LogP contribution in [0, 0.1) is 0 Å². The van der Waals surface area contributed by atoms with Crippen molar-refractivity contribution in [1.29, 1.82) is 0 Å². The molecule has 1 atom stereocenters. The van der Waals surface area contributed by atoms with Crippen LogP contribution in [0.1, 0.15) is 29.3 Å². The summed E-state index contributed by atoms with van der Waals surface area (Å²) in [6, 6.07) is 5.77. The van der Waals surface area contributed by atoms with Gasteiger partial charge in [0.2, 0.25) is 0 Å². The van der Waals surface area contributed by atoms with Crippen LogP contribution in [0.25, 0.3) is 0 Å². The summed E-state index contributed by atoms with van der Waals surface area (Å²) in [6.07, 6.45) is 1.01. The van der Waals surface area contributed by atoms with E-state index >= 15 is 0 Å². The van der Waals surface area contributed by atoms with Crippen molar-refractivity contribution in [1.82, 2.24) is 0 Å². The van der Waals surface area contributed by atoms with Crippen LogP contribution in [-0.4, -0.2) is 26.3 Å². The minimum Gasteiger partial charge on any atom is -0.465 e. The average molecular weight is 299 g/mol. The molecule has 17 heavy (non-hydrogen) atoms. The second-order valence-corrected chi connectivity index (χ2v) is 5.40. The van der Waals surface area contributed by atoms with E-state index in [1.807, 2.05) is 12.1 Å². The van der Waals surface area contributed by atoms with Crippen molar-refractivity contribution in [2.45, 2.75) is 18.8 Å². The van der Waals surface area contributed by atoms with Crippen molar-refractivity contribution >= 4 is 21.9 Å². The first-order valence-corrected chi connectivity index (χ1v) is 6.32. The molecule has 0 radical (unpaired) electrons. The molecule has 1 aliphatic rings. The normalized spacial score (nSPS) is 23.7. The highest BCUT2D eigenvalue weighted by atomic mass is 79.9. The van der Waals surface area contributed by atoms with Crippen LogP contribution in [0.2, 0.25) is 0 Å². The summed E-state index contributed by atoms with van der Waals surface area (Å²) in [6.45, 7) is 3.71. The lowest BCUT2D eigenvalue weighted by atomic mass is 9.82. The van der Waals surface area contributed by atoms with E-state index in [4.69, 9.17) is 9.47 Å². The maximum atomic E-state index is 11.5. The smallest absolute Gasteiger partial charge is 0.338 e. The van der Waals surface area contributed by atoms with E-state index in [-0.39, 0.29) is 11.4 Å². The van der Waals surface area contributed by atoms with Gasteiger partial charge in [-0.2, -0.15) is 0 Å². The topological polar surface area (TPSA) is 35.5 Å². The number of hydrogen-bond acceptors (Lipinski definition) is 3. The monoisotopic (exact) mass is 298 g/mol. The molecule has 0 aromatic heterocycles. The zero-order chi connectivity index (χ0) is 12.5. The van der Waals surface area contributed by atoms with Gasteiger partial charge in [0.25, 0.3) is 0 Å². The minimum absolute atomic E-state index is 0.0527. The van der Waals surface area contributed by atoms with Crippen LogP contribution in [-0.2, 0) is 14.9 Å². The summed E-state index contributed by atoms with van der Waals surface area (Å²) in [5.41, 5.74) is 1.80. The van der Waals surface area contributed by atoms with Gasteiger partial charge in [0.1, 0.15) is 0 Å². The Hall–Kier alpha value is -0.870. The number of ether oxygens (including phenoxy) is 2. The molecule has 1 aliphatic heterocycles. The highest BCUT2D eigenvalue weighted by Gasteiger charge is 2.32. The Morgan fingerprint density at radius 3 is 2.82 bits per heavy atom. The Morgan fingerprint density at radius 2 is 2.29 bits per heavy atom. The Morgan fingerprint density at radius 1 is 1.53 bits per heavy atom. The number of halogens is 1. The quantitative estimate of drug-likeness (QED) is 0.788. The lowest BCUT2D eigenvalue weighted by Gasteiger charge is -2.22. The molecule has 1 aromatic carbocycles. The predicted molar refractivity (Wildman–Crippen MR) is 68.3 cm³/mol. The summed E-state index contributed by atoms with van der Waals surface area (Å²) in [5.74, 6) is -0.323. The molecule has 0 saturated carbocycles. The number of esters is 1. The number of hydrogen-bond donors (Lipinski definition) is 0. The number of rotatable bonds is 2. The van der Waals surface area contributed by atoms with Crippen LogP contribution < -0.4 is 0 Å². The fourth-order valence-electron chi connectivity index (χ4n) is 2.06. The summed E-state index contributed by atoms with van der Waals surface area (Å²) in [4.78, 5) is 11.5. The maximum absolute atomic E-state index is 11.5. The molecule has 1 fully saturated rings. The third kappa shape index (κ3) is 2.38. The first-order valence-electron chi connectivity index (χ1n) is 5.53.